The van der Waals surface area contributed by atoms with Crippen LogP contribution in [0.5, 0.6) is 0 Å². The molecule has 1 fully saturated rings. The lowest BCUT2D eigenvalue weighted by atomic mass is 9.83. The number of likely N-dealkylation sites (tertiary alicyclic amines) is 1. The van der Waals surface area contributed by atoms with E-state index in [0.717, 1.165) is 39.0 Å². The maximum Gasteiger partial charge on any atom is 0.250 e. The van der Waals surface area contributed by atoms with Gasteiger partial charge in [-0.25, -0.2) is 4.39 Å². The summed E-state index contributed by atoms with van der Waals surface area (Å²) in [4.78, 5) is 14.6. The van der Waals surface area contributed by atoms with Crippen LogP contribution in [0.15, 0.2) is 47.3 Å². The average Bonchev–Trinajstić information content (AvgIpc) is 2.58. The topological polar surface area (TPSA) is 25.2 Å². The summed E-state index contributed by atoms with van der Waals surface area (Å²) in [6.07, 6.45) is 3.28. The van der Waals surface area contributed by atoms with Crippen molar-refractivity contribution < 1.29 is 4.39 Å². The number of piperidine rings is 1. The fraction of sp³-hybridized carbons (Fsp3) is 0.450. The number of halogens is 1. The van der Waals surface area contributed by atoms with E-state index in [0.29, 0.717) is 11.8 Å². The summed E-state index contributed by atoms with van der Waals surface area (Å²) >= 11 is 0. The third-order valence-electron chi connectivity index (χ3n) is 5.41. The number of hydrogen-bond acceptors (Lipinski definition) is 2. The fourth-order valence-electron chi connectivity index (χ4n) is 4.34. The zero-order chi connectivity index (χ0) is 16.5. The quantitative estimate of drug-likeness (QED) is 0.863. The number of aryl methyl sites for hydroxylation is 1. The number of aromatic nitrogens is 1. The minimum atomic E-state index is -0.170. The maximum absolute atomic E-state index is 12.9. The molecule has 4 heteroatoms. The Balaban J connectivity index is 1.37. The third-order valence-corrected chi connectivity index (χ3v) is 5.41. The Morgan fingerprint density at radius 2 is 1.88 bits per heavy atom. The van der Waals surface area contributed by atoms with Gasteiger partial charge < -0.3 is 9.47 Å². The number of hydrogen-bond donors (Lipinski definition) is 0. The molecule has 0 amide bonds. The van der Waals surface area contributed by atoms with Gasteiger partial charge in [0, 0.05) is 37.3 Å². The zero-order valence-electron chi connectivity index (χ0n) is 13.8. The first-order chi connectivity index (χ1) is 11.7. The molecule has 0 N–H and O–H groups in total. The van der Waals surface area contributed by atoms with Crippen LogP contribution < -0.4 is 5.56 Å². The molecule has 24 heavy (non-hydrogen) atoms. The Kier molecular flexibility index (Phi) is 4.23. The van der Waals surface area contributed by atoms with Crippen molar-refractivity contribution in [1.82, 2.24) is 9.47 Å². The summed E-state index contributed by atoms with van der Waals surface area (Å²) in [5.74, 6) is 0.899. The van der Waals surface area contributed by atoms with Crippen molar-refractivity contribution >= 4 is 0 Å². The van der Waals surface area contributed by atoms with E-state index in [1.165, 1.54) is 29.8 Å². The van der Waals surface area contributed by atoms with Crippen LogP contribution in [0.1, 0.15) is 30.0 Å². The normalized spacial score (nSPS) is 23.0. The second-order valence-corrected chi connectivity index (χ2v) is 7.19. The second kappa shape index (κ2) is 6.52. The van der Waals surface area contributed by atoms with E-state index in [-0.39, 0.29) is 11.4 Å². The van der Waals surface area contributed by atoms with Crippen LogP contribution >= 0.6 is 0 Å². The molecular weight excluding hydrogens is 303 g/mol. The van der Waals surface area contributed by atoms with Crippen LogP contribution in [0.3, 0.4) is 0 Å². The standard InChI is InChI=1S/C20H23FN2O/c21-18-8-6-15(7-9-18)3-2-10-22-12-16-11-17(14-22)19-4-1-5-20(24)23(19)13-16/h1,4-9,16-17H,2-3,10-14H2/t16-,17+/m0/s1. The van der Waals surface area contributed by atoms with Gasteiger partial charge in [0.15, 0.2) is 0 Å². The lowest BCUT2D eigenvalue weighted by Gasteiger charge is -2.42. The van der Waals surface area contributed by atoms with Crippen LogP contribution in [-0.4, -0.2) is 29.1 Å². The van der Waals surface area contributed by atoms with E-state index in [4.69, 9.17) is 0 Å². The summed E-state index contributed by atoms with van der Waals surface area (Å²) in [6.45, 7) is 4.06. The van der Waals surface area contributed by atoms with Crippen molar-refractivity contribution in [2.24, 2.45) is 5.92 Å². The first kappa shape index (κ1) is 15.6. The van der Waals surface area contributed by atoms with Gasteiger partial charge in [-0.15, -0.1) is 0 Å². The molecule has 1 aromatic heterocycles. The van der Waals surface area contributed by atoms with E-state index in [1.807, 2.05) is 22.8 Å². The van der Waals surface area contributed by atoms with Crippen molar-refractivity contribution in [1.29, 1.82) is 0 Å². The number of nitrogens with zero attached hydrogens (tertiary/aromatic N) is 2. The van der Waals surface area contributed by atoms with Crippen LogP contribution in [0, 0.1) is 11.7 Å². The monoisotopic (exact) mass is 326 g/mol. The van der Waals surface area contributed by atoms with Gasteiger partial charge >= 0.3 is 0 Å². The van der Waals surface area contributed by atoms with Crippen molar-refractivity contribution in [2.45, 2.75) is 31.7 Å². The summed E-state index contributed by atoms with van der Waals surface area (Å²) in [5, 5.41) is 0. The van der Waals surface area contributed by atoms with Crippen molar-refractivity contribution in [2.75, 3.05) is 19.6 Å². The van der Waals surface area contributed by atoms with Gasteiger partial charge in [0.05, 0.1) is 0 Å². The predicted molar refractivity (Wildman–Crippen MR) is 92.7 cm³/mol. The summed E-state index contributed by atoms with van der Waals surface area (Å²) in [6, 6.07) is 12.5. The lowest BCUT2D eigenvalue weighted by molar-refractivity contribution is 0.119. The van der Waals surface area contributed by atoms with Crippen LogP contribution in [0.25, 0.3) is 0 Å². The SMILES string of the molecule is O=c1cccc2n1C[C@H]1C[C@@H]2CN(CCCc2ccc(F)cc2)C1. The maximum atomic E-state index is 12.9. The highest BCUT2D eigenvalue weighted by Crippen LogP contribution is 2.34. The molecule has 1 aromatic carbocycles. The molecule has 2 aromatic rings. The van der Waals surface area contributed by atoms with Crippen LogP contribution in [0.4, 0.5) is 4.39 Å². The largest absolute Gasteiger partial charge is 0.312 e. The number of benzene rings is 1. The van der Waals surface area contributed by atoms with E-state index >= 15 is 0 Å². The average molecular weight is 326 g/mol. The van der Waals surface area contributed by atoms with E-state index in [9.17, 15) is 9.18 Å². The Morgan fingerprint density at radius 1 is 1.04 bits per heavy atom. The van der Waals surface area contributed by atoms with E-state index in [1.54, 1.807) is 6.07 Å². The lowest BCUT2D eigenvalue weighted by Crippen LogP contribution is -2.47. The Bertz CT molecular complexity index is 768. The predicted octanol–water partition coefficient (Wildman–Crippen LogP) is 3.04. The molecule has 126 valence electrons. The molecule has 0 aliphatic carbocycles. The third kappa shape index (κ3) is 3.16. The molecule has 0 spiro atoms. The molecule has 2 atom stereocenters. The van der Waals surface area contributed by atoms with E-state index < -0.39 is 0 Å². The van der Waals surface area contributed by atoms with Crippen molar-refractivity contribution in [3.05, 3.63) is 69.9 Å². The van der Waals surface area contributed by atoms with E-state index in [2.05, 4.69) is 11.0 Å². The molecule has 2 bridgehead atoms. The van der Waals surface area contributed by atoms with Gasteiger partial charge in [0.1, 0.15) is 5.82 Å². The van der Waals surface area contributed by atoms with Gasteiger partial charge in [0.25, 0.3) is 5.56 Å². The van der Waals surface area contributed by atoms with Gasteiger partial charge in [-0.05, 0) is 55.5 Å². The highest BCUT2D eigenvalue weighted by atomic mass is 19.1. The second-order valence-electron chi connectivity index (χ2n) is 7.19. The summed E-state index contributed by atoms with van der Waals surface area (Å²) in [5.41, 5.74) is 2.56. The number of rotatable bonds is 4. The Labute approximate surface area is 141 Å². The summed E-state index contributed by atoms with van der Waals surface area (Å²) < 4.78 is 14.9. The fourth-order valence-corrected chi connectivity index (χ4v) is 4.34. The van der Waals surface area contributed by atoms with Gasteiger partial charge in [-0.3, -0.25) is 4.79 Å². The minimum absolute atomic E-state index is 0.145. The highest BCUT2D eigenvalue weighted by Gasteiger charge is 2.33. The Hall–Kier alpha value is -1.94. The Morgan fingerprint density at radius 3 is 2.71 bits per heavy atom. The van der Waals surface area contributed by atoms with Gasteiger partial charge in [0.2, 0.25) is 0 Å². The molecular formula is C20H23FN2O. The molecule has 0 radical (unpaired) electrons. The van der Waals surface area contributed by atoms with Crippen LogP contribution in [-0.2, 0) is 13.0 Å². The minimum Gasteiger partial charge on any atom is -0.312 e. The summed E-state index contributed by atoms with van der Waals surface area (Å²) in [7, 11) is 0. The molecule has 2 aliphatic rings. The first-order valence-corrected chi connectivity index (χ1v) is 8.85. The number of fused-ring (bicyclic) bond motifs is 4. The van der Waals surface area contributed by atoms with Crippen molar-refractivity contribution in [3.63, 3.8) is 0 Å². The van der Waals surface area contributed by atoms with Crippen molar-refractivity contribution in [3.8, 4) is 0 Å². The smallest absolute Gasteiger partial charge is 0.250 e. The molecule has 0 unspecified atom stereocenters. The van der Waals surface area contributed by atoms with Gasteiger partial charge in [-0.1, -0.05) is 18.2 Å². The molecule has 2 aliphatic heterocycles. The molecule has 3 heterocycles. The zero-order valence-corrected chi connectivity index (χ0v) is 13.8. The highest BCUT2D eigenvalue weighted by molar-refractivity contribution is 5.17. The number of pyridine rings is 1. The molecule has 3 nitrogen and oxygen atoms in total. The van der Waals surface area contributed by atoms with Gasteiger partial charge in [-0.2, -0.15) is 0 Å². The first-order valence-electron chi connectivity index (χ1n) is 8.85. The molecule has 0 saturated carbocycles. The molecule has 1 saturated heterocycles. The molecule has 4 rings (SSSR count). The van der Waals surface area contributed by atoms with Crippen LogP contribution in [0.2, 0.25) is 0 Å².